The van der Waals surface area contributed by atoms with E-state index in [1.165, 1.54) is 16.7 Å². The fraction of sp³-hybridized carbons (Fsp3) is 0.353. The SMILES string of the molecule is O=C1CCC(Sc2ccc(C3=CCN(C(=O)O)CC3)cc2)C(=O)N1. The van der Waals surface area contributed by atoms with Gasteiger partial charge in [0, 0.05) is 24.4 Å². The Balaban J connectivity index is 1.63. The number of imide groups is 1. The third-order valence-corrected chi connectivity index (χ3v) is 5.45. The Hall–Kier alpha value is -2.28. The number of carboxylic acid groups (broad SMARTS) is 1. The fourth-order valence-corrected chi connectivity index (χ4v) is 3.83. The molecule has 1 saturated heterocycles. The molecule has 3 rings (SSSR count). The Bertz CT molecular complexity index is 699. The van der Waals surface area contributed by atoms with Crippen molar-refractivity contribution in [1.29, 1.82) is 0 Å². The summed E-state index contributed by atoms with van der Waals surface area (Å²) < 4.78 is 0. The lowest BCUT2D eigenvalue weighted by Gasteiger charge is -2.24. The minimum Gasteiger partial charge on any atom is -0.465 e. The molecule has 0 aliphatic carbocycles. The first-order valence-corrected chi connectivity index (χ1v) is 8.68. The van der Waals surface area contributed by atoms with Crippen LogP contribution in [0.2, 0.25) is 0 Å². The third-order valence-electron chi connectivity index (χ3n) is 4.17. The molecule has 24 heavy (non-hydrogen) atoms. The van der Waals surface area contributed by atoms with E-state index in [-0.39, 0.29) is 17.1 Å². The normalized spacial score (nSPS) is 21.2. The molecule has 3 amide bonds. The smallest absolute Gasteiger partial charge is 0.407 e. The van der Waals surface area contributed by atoms with Gasteiger partial charge in [-0.05, 0) is 36.1 Å². The van der Waals surface area contributed by atoms with E-state index in [4.69, 9.17) is 5.11 Å². The zero-order valence-electron chi connectivity index (χ0n) is 13.0. The van der Waals surface area contributed by atoms with Gasteiger partial charge in [-0.15, -0.1) is 11.8 Å². The van der Waals surface area contributed by atoms with E-state index in [0.29, 0.717) is 32.4 Å². The van der Waals surface area contributed by atoms with E-state index in [2.05, 4.69) is 5.32 Å². The number of amides is 3. The summed E-state index contributed by atoms with van der Waals surface area (Å²) in [6, 6.07) is 7.93. The number of carbonyl (C=O) groups is 3. The second-order valence-corrected chi connectivity index (χ2v) is 7.07. The average Bonchev–Trinajstić information content (AvgIpc) is 2.58. The van der Waals surface area contributed by atoms with E-state index in [9.17, 15) is 14.4 Å². The van der Waals surface area contributed by atoms with Crippen LogP contribution < -0.4 is 5.32 Å². The first-order chi connectivity index (χ1) is 11.5. The largest absolute Gasteiger partial charge is 0.465 e. The van der Waals surface area contributed by atoms with Crippen LogP contribution in [0.25, 0.3) is 5.57 Å². The highest BCUT2D eigenvalue weighted by molar-refractivity contribution is 8.00. The first kappa shape index (κ1) is 16.6. The molecule has 0 aromatic heterocycles. The molecule has 1 unspecified atom stereocenters. The summed E-state index contributed by atoms with van der Waals surface area (Å²) in [5.74, 6) is -0.420. The van der Waals surface area contributed by atoms with Gasteiger partial charge in [0.15, 0.2) is 0 Å². The molecule has 7 heteroatoms. The molecule has 0 bridgehead atoms. The van der Waals surface area contributed by atoms with Crippen molar-refractivity contribution in [2.75, 3.05) is 13.1 Å². The van der Waals surface area contributed by atoms with E-state index in [1.54, 1.807) is 0 Å². The fourth-order valence-electron chi connectivity index (χ4n) is 2.80. The molecule has 2 N–H and O–H groups in total. The second kappa shape index (κ2) is 7.09. The summed E-state index contributed by atoms with van der Waals surface area (Å²) >= 11 is 1.46. The van der Waals surface area contributed by atoms with Crippen LogP contribution in [-0.4, -0.2) is 46.3 Å². The number of hydrogen-bond donors (Lipinski definition) is 2. The van der Waals surface area contributed by atoms with Gasteiger partial charge in [-0.25, -0.2) is 4.79 Å². The number of carbonyl (C=O) groups excluding carboxylic acids is 2. The third kappa shape index (κ3) is 3.79. The van der Waals surface area contributed by atoms with E-state index < -0.39 is 6.09 Å². The van der Waals surface area contributed by atoms with Crippen LogP contribution in [0.3, 0.4) is 0 Å². The van der Waals surface area contributed by atoms with E-state index in [0.717, 1.165) is 16.0 Å². The number of hydrogen-bond acceptors (Lipinski definition) is 4. The summed E-state index contributed by atoms with van der Waals surface area (Å²) in [6.07, 6.45) is 2.70. The molecule has 1 fully saturated rings. The van der Waals surface area contributed by atoms with Gasteiger partial charge in [0.25, 0.3) is 0 Å². The van der Waals surface area contributed by atoms with Gasteiger partial charge in [0.1, 0.15) is 0 Å². The highest BCUT2D eigenvalue weighted by Gasteiger charge is 2.27. The van der Waals surface area contributed by atoms with Crippen LogP contribution >= 0.6 is 11.8 Å². The lowest BCUT2D eigenvalue weighted by atomic mass is 10.00. The van der Waals surface area contributed by atoms with Crippen LogP contribution in [0, 0.1) is 0 Å². The van der Waals surface area contributed by atoms with E-state index in [1.807, 2.05) is 30.3 Å². The van der Waals surface area contributed by atoms with Crippen LogP contribution in [-0.2, 0) is 9.59 Å². The van der Waals surface area contributed by atoms with Gasteiger partial charge >= 0.3 is 6.09 Å². The Morgan fingerprint density at radius 2 is 1.96 bits per heavy atom. The van der Waals surface area contributed by atoms with Gasteiger partial charge in [0.05, 0.1) is 5.25 Å². The van der Waals surface area contributed by atoms with Gasteiger partial charge in [0.2, 0.25) is 11.8 Å². The number of piperidine rings is 1. The topological polar surface area (TPSA) is 86.7 Å². The summed E-state index contributed by atoms with van der Waals surface area (Å²) in [6.45, 7) is 0.922. The summed E-state index contributed by atoms with van der Waals surface area (Å²) in [7, 11) is 0. The molecule has 0 radical (unpaired) electrons. The highest BCUT2D eigenvalue weighted by Crippen LogP contribution is 2.30. The standard InChI is InChI=1S/C17H18N2O4S/c20-15-6-5-14(16(21)18-15)24-13-3-1-11(2-4-13)12-7-9-19(10-8-12)17(22)23/h1-4,7,14H,5-6,8-10H2,(H,22,23)(H,18,20,21). The summed E-state index contributed by atoms with van der Waals surface area (Å²) in [5.41, 5.74) is 2.22. The molecule has 2 heterocycles. The minimum absolute atomic E-state index is 0.202. The second-order valence-electron chi connectivity index (χ2n) is 5.79. The predicted molar refractivity (Wildman–Crippen MR) is 90.7 cm³/mol. The zero-order chi connectivity index (χ0) is 17.1. The maximum absolute atomic E-state index is 11.8. The van der Waals surface area contributed by atoms with Crippen LogP contribution in [0.4, 0.5) is 4.79 Å². The Morgan fingerprint density at radius 3 is 2.54 bits per heavy atom. The predicted octanol–water partition coefficient (Wildman–Crippen LogP) is 2.35. The van der Waals surface area contributed by atoms with Crippen LogP contribution in [0.1, 0.15) is 24.8 Å². The molecule has 126 valence electrons. The van der Waals surface area contributed by atoms with Crippen molar-refractivity contribution >= 4 is 35.2 Å². The van der Waals surface area contributed by atoms with Gasteiger partial charge in [-0.2, -0.15) is 0 Å². The van der Waals surface area contributed by atoms with Gasteiger partial charge in [-0.3, -0.25) is 14.9 Å². The van der Waals surface area contributed by atoms with Crippen molar-refractivity contribution in [3.8, 4) is 0 Å². The number of rotatable bonds is 3. The number of benzene rings is 1. The molecule has 0 spiro atoms. The van der Waals surface area contributed by atoms with E-state index >= 15 is 0 Å². The molecular weight excluding hydrogens is 328 g/mol. The molecule has 1 aromatic rings. The van der Waals surface area contributed by atoms with Gasteiger partial charge in [-0.1, -0.05) is 18.2 Å². The van der Waals surface area contributed by atoms with Crippen LogP contribution in [0.5, 0.6) is 0 Å². The Labute approximate surface area is 143 Å². The van der Waals surface area contributed by atoms with Crippen LogP contribution in [0.15, 0.2) is 35.2 Å². The molecule has 0 saturated carbocycles. The molecular formula is C17H18N2O4S. The number of nitrogens with one attached hydrogen (secondary N) is 1. The minimum atomic E-state index is -0.888. The molecule has 6 nitrogen and oxygen atoms in total. The summed E-state index contributed by atoms with van der Waals surface area (Å²) in [5, 5.41) is 11.1. The number of nitrogens with zero attached hydrogens (tertiary/aromatic N) is 1. The molecule has 2 aliphatic heterocycles. The highest BCUT2D eigenvalue weighted by atomic mass is 32.2. The quantitative estimate of drug-likeness (QED) is 0.821. The zero-order valence-corrected chi connectivity index (χ0v) is 13.8. The maximum Gasteiger partial charge on any atom is 0.407 e. The van der Waals surface area contributed by atoms with Crippen molar-refractivity contribution in [3.05, 3.63) is 35.9 Å². The first-order valence-electron chi connectivity index (χ1n) is 7.80. The van der Waals surface area contributed by atoms with Crippen molar-refractivity contribution in [2.45, 2.75) is 29.4 Å². The Morgan fingerprint density at radius 1 is 1.21 bits per heavy atom. The van der Waals surface area contributed by atoms with Crippen molar-refractivity contribution < 1.29 is 19.5 Å². The average molecular weight is 346 g/mol. The Kier molecular flexibility index (Phi) is 4.89. The summed E-state index contributed by atoms with van der Waals surface area (Å²) in [4.78, 5) is 36.3. The lowest BCUT2D eigenvalue weighted by Crippen LogP contribution is -2.42. The van der Waals surface area contributed by atoms with Crippen molar-refractivity contribution in [2.24, 2.45) is 0 Å². The lowest BCUT2D eigenvalue weighted by molar-refractivity contribution is -0.132. The number of thioether (sulfide) groups is 1. The van der Waals surface area contributed by atoms with Gasteiger partial charge < -0.3 is 10.0 Å². The monoisotopic (exact) mass is 346 g/mol. The molecule has 1 atom stereocenters. The van der Waals surface area contributed by atoms with Crippen molar-refractivity contribution in [3.63, 3.8) is 0 Å². The molecule has 2 aliphatic rings. The maximum atomic E-state index is 11.8. The molecule has 1 aromatic carbocycles. The van der Waals surface area contributed by atoms with Crippen molar-refractivity contribution in [1.82, 2.24) is 10.2 Å².